The highest BCUT2D eigenvalue weighted by Crippen LogP contribution is 2.30. The summed E-state index contributed by atoms with van der Waals surface area (Å²) in [5.74, 6) is -0.508. The second kappa shape index (κ2) is 12.5. The van der Waals surface area contributed by atoms with E-state index in [4.69, 9.17) is 4.74 Å². The molecule has 2 aliphatic heterocycles. The summed E-state index contributed by atoms with van der Waals surface area (Å²) in [6.45, 7) is 10.1. The number of anilines is 1. The summed E-state index contributed by atoms with van der Waals surface area (Å²) < 4.78 is 30.6. The summed E-state index contributed by atoms with van der Waals surface area (Å²) in [6.07, 6.45) is 3.80. The number of ketones is 1. The van der Waals surface area contributed by atoms with Crippen LogP contribution in [0.5, 0.6) is 0 Å². The summed E-state index contributed by atoms with van der Waals surface area (Å²) in [7, 11) is -3.17. The zero-order valence-electron chi connectivity index (χ0n) is 23.4. The zero-order chi connectivity index (χ0) is 28.1. The SMILES string of the molecule is CC[C@@H]1CCCN(C(=O)OC(C)(C)C)[C@@H]1C(=O)C[C@H](C#N)Cc1ccc(N2CCN(S(C)(=O)=O)CC2)cc1. The quantitative estimate of drug-likeness (QED) is 0.487. The summed E-state index contributed by atoms with van der Waals surface area (Å²) in [4.78, 5) is 30.2. The Bertz CT molecular complexity index is 1120. The predicted molar refractivity (Wildman–Crippen MR) is 147 cm³/mol. The number of carbonyl (C=O) groups excluding carboxylic acids is 2. The van der Waals surface area contributed by atoms with Crippen molar-refractivity contribution in [2.75, 3.05) is 43.9 Å². The molecule has 2 saturated heterocycles. The maximum absolute atomic E-state index is 13.5. The van der Waals surface area contributed by atoms with Gasteiger partial charge >= 0.3 is 6.09 Å². The molecular weight excluding hydrogens is 504 g/mol. The van der Waals surface area contributed by atoms with Crippen LogP contribution in [0, 0.1) is 23.2 Å². The minimum Gasteiger partial charge on any atom is -0.444 e. The van der Waals surface area contributed by atoms with Gasteiger partial charge in [-0.2, -0.15) is 9.57 Å². The van der Waals surface area contributed by atoms with Crippen LogP contribution in [0.2, 0.25) is 0 Å². The smallest absolute Gasteiger partial charge is 0.410 e. The first-order valence-electron chi connectivity index (χ1n) is 13.5. The van der Waals surface area contributed by atoms with Gasteiger partial charge in [0.25, 0.3) is 0 Å². The number of Topliss-reactive ketones (excluding diaryl/α,β-unsaturated/α-hetero) is 1. The maximum Gasteiger partial charge on any atom is 0.410 e. The molecule has 3 atom stereocenters. The Morgan fingerprint density at radius 2 is 1.74 bits per heavy atom. The van der Waals surface area contributed by atoms with Crippen LogP contribution in [-0.4, -0.2) is 80.1 Å². The highest BCUT2D eigenvalue weighted by molar-refractivity contribution is 7.88. The molecule has 0 N–H and O–H groups in total. The lowest BCUT2D eigenvalue weighted by atomic mass is 9.82. The molecule has 1 aromatic rings. The van der Waals surface area contributed by atoms with E-state index in [2.05, 4.69) is 11.0 Å². The third kappa shape index (κ3) is 7.93. The van der Waals surface area contributed by atoms with Gasteiger partial charge in [0, 0.05) is 44.8 Å². The van der Waals surface area contributed by atoms with Crippen molar-refractivity contribution in [2.24, 2.45) is 11.8 Å². The second-order valence-electron chi connectivity index (χ2n) is 11.4. The molecule has 0 unspecified atom stereocenters. The van der Waals surface area contributed by atoms with Crippen molar-refractivity contribution in [3.8, 4) is 6.07 Å². The van der Waals surface area contributed by atoms with E-state index in [0.29, 0.717) is 39.1 Å². The zero-order valence-corrected chi connectivity index (χ0v) is 24.2. The first kappa shape index (κ1) is 29.9. The number of likely N-dealkylation sites (tertiary alicyclic amines) is 1. The number of hydrogen-bond acceptors (Lipinski definition) is 7. The molecule has 0 aromatic heterocycles. The highest BCUT2D eigenvalue weighted by Gasteiger charge is 2.40. The molecule has 0 radical (unpaired) electrons. The lowest BCUT2D eigenvalue weighted by Crippen LogP contribution is -2.54. The van der Waals surface area contributed by atoms with Gasteiger partial charge in [0.05, 0.1) is 24.3 Å². The van der Waals surface area contributed by atoms with Crippen molar-refractivity contribution < 1.29 is 22.7 Å². The summed E-state index contributed by atoms with van der Waals surface area (Å²) >= 11 is 0. The van der Waals surface area contributed by atoms with E-state index in [0.717, 1.165) is 30.5 Å². The molecule has 0 bridgehead atoms. The van der Waals surface area contributed by atoms with Crippen molar-refractivity contribution in [2.45, 2.75) is 71.4 Å². The fourth-order valence-corrected chi connectivity index (χ4v) is 6.22. The molecule has 10 heteroatoms. The van der Waals surface area contributed by atoms with Gasteiger partial charge in [0.15, 0.2) is 5.78 Å². The molecule has 9 nitrogen and oxygen atoms in total. The molecule has 2 heterocycles. The van der Waals surface area contributed by atoms with Crippen LogP contribution in [-0.2, 0) is 26.0 Å². The van der Waals surface area contributed by atoms with Gasteiger partial charge in [-0.05, 0) is 63.6 Å². The number of nitriles is 1. The van der Waals surface area contributed by atoms with E-state index in [1.165, 1.54) is 10.6 Å². The van der Waals surface area contributed by atoms with E-state index in [1.807, 2.05) is 52.0 Å². The van der Waals surface area contributed by atoms with E-state index in [9.17, 15) is 23.3 Å². The summed E-state index contributed by atoms with van der Waals surface area (Å²) in [5.41, 5.74) is 1.32. The van der Waals surface area contributed by atoms with E-state index >= 15 is 0 Å². The molecule has 3 rings (SSSR count). The van der Waals surface area contributed by atoms with Crippen LogP contribution in [0.25, 0.3) is 0 Å². The van der Waals surface area contributed by atoms with Crippen LogP contribution >= 0.6 is 0 Å². The lowest BCUT2D eigenvalue weighted by molar-refractivity contribution is -0.128. The average molecular weight is 547 g/mol. The van der Waals surface area contributed by atoms with Crippen LogP contribution in [0.1, 0.15) is 58.9 Å². The standard InChI is InChI=1S/C28H42N4O5S/c1-6-23-8-7-13-32(27(34)37-28(2,3)4)26(23)25(33)19-22(20-29)18-21-9-11-24(12-10-21)30-14-16-31(17-15-30)38(5,35)36/h9-12,22-23,26H,6-8,13-19H2,1-5H3/t22-,23-,26+/m1/s1. The van der Waals surface area contributed by atoms with Gasteiger partial charge in [-0.1, -0.05) is 25.5 Å². The highest BCUT2D eigenvalue weighted by atomic mass is 32.2. The third-order valence-corrected chi connectivity index (χ3v) is 8.66. The minimum atomic E-state index is -3.17. The maximum atomic E-state index is 13.5. The number of ether oxygens (including phenoxy) is 1. The molecule has 0 spiro atoms. The Balaban J connectivity index is 1.63. The monoisotopic (exact) mass is 546 g/mol. The number of sulfonamides is 1. The van der Waals surface area contributed by atoms with Gasteiger partial charge in [0.2, 0.25) is 10.0 Å². The Kier molecular flexibility index (Phi) is 9.82. The molecule has 0 aliphatic carbocycles. The topological polar surface area (TPSA) is 111 Å². The molecule has 0 saturated carbocycles. The normalized spacial score (nSPS) is 22.0. The molecule has 2 fully saturated rings. The number of amides is 1. The van der Waals surface area contributed by atoms with Crippen molar-refractivity contribution in [3.63, 3.8) is 0 Å². The first-order valence-corrected chi connectivity index (χ1v) is 15.4. The van der Waals surface area contributed by atoms with E-state index < -0.39 is 33.7 Å². The lowest BCUT2D eigenvalue weighted by Gasteiger charge is -2.40. The number of piperazine rings is 1. The number of benzene rings is 1. The number of piperidine rings is 1. The number of hydrogen-bond donors (Lipinski definition) is 0. The molecule has 1 amide bonds. The number of rotatable bonds is 8. The summed E-state index contributed by atoms with van der Waals surface area (Å²) in [5, 5.41) is 9.87. The number of carbonyl (C=O) groups is 2. The Labute approximate surface area is 227 Å². The Morgan fingerprint density at radius 3 is 2.26 bits per heavy atom. The van der Waals surface area contributed by atoms with E-state index in [-0.39, 0.29) is 18.1 Å². The minimum absolute atomic E-state index is 0.0607. The molecular formula is C28H42N4O5S. The van der Waals surface area contributed by atoms with Crippen LogP contribution in [0.3, 0.4) is 0 Å². The third-order valence-electron chi connectivity index (χ3n) is 7.36. The molecule has 1 aromatic carbocycles. The summed E-state index contributed by atoms with van der Waals surface area (Å²) in [6, 6.07) is 9.65. The molecule has 2 aliphatic rings. The first-order chi connectivity index (χ1) is 17.8. The van der Waals surface area contributed by atoms with Crippen molar-refractivity contribution >= 4 is 27.6 Å². The Hall–Kier alpha value is -2.64. The van der Waals surface area contributed by atoms with Gasteiger partial charge in [-0.25, -0.2) is 13.2 Å². The second-order valence-corrected chi connectivity index (χ2v) is 13.4. The largest absolute Gasteiger partial charge is 0.444 e. The van der Waals surface area contributed by atoms with E-state index in [1.54, 1.807) is 4.90 Å². The fourth-order valence-electron chi connectivity index (χ4n) is 5.40. The van der Waals surface area contributed by atoms with Gasteiger partial charge < -0.3 is 9.64 Å². The van der Waals surface area contributed by atoms with Crippen molar-refractivity contribution in [1.82, 2.24) is 9.21 Å². The van der Waals surface area contributed by atoms with Crippen LogP contribution in [0.4, 0.5) is 10.5 Å². The van der Waals surface area contributed by atoms with Crippen LogP contribution < -0.4 is 4.90 Å². The molecule has 210 valence electrons. The Morgan fingerprint density at radius 1 is 1.11 bits per heavy atom. The molecule has 38 heavy (non-hydrogen) atoms. The van der Waals surface area contributed by atoms with Gasteiger partial charge in [-0.15, -0.1) is 0 Å². The average Bonchev–Trinajstić information content (AvgIpc) is 2.86. The van der Waals surface area contributed by atoms with Gasteiger partial charge in [0.1, 0.15) is 5.60 Å². The van der Waals surface area contributed by atoms with Gasteiger partial charge in [-0.3, -0.25) is 9.69 Å². The van der Waals surface area contributed by atoms with Crippen molar-refractivity contribution in [3.05, 3.63) is 29.8 Å². The number of nitrogens with zero attached hydrogens (tertiary/aromatic N) is 4. The van der Waals surface area contributed by atoms with Crippen molar-refractivity contribution in [1.29, 1.82) is 5.26 Å². The fraction of sp³-hybridized carbons (Fsp3) is 0.679. The predicted octanol–water partition coefficient (Wildman–Crippen LogP) is 3.84. The van der Waals surface area contributed by atoms with Crippen LogP contribution in [0.15, 0.2) is 24.3 Å².